The van der Waals surface area contributed by atoms with Crippen LogP contribution in [-0.4, -0.2) is 31.7 Å². The Morgan fingerprint density at radius 3 is 2.10 bits per heavy atom. The van der Waals surface area contributed by atoms with E-state index in [4.69, 9.17) is 4.74 Å². The lowest BCUT2D eigenvalue weighted by atomic mass is 9.89. The lowest BCUT2D eigenvalue weighted by Crippen LogP contribution is -2.36. The third-order valence-electron chi connectivity index (χ3n) is 6.80. The quantitative estimate of drug-likeness (QED) is 0.116. The molecule has 0 aliphatic heterocycles. The molecule has 40 heavy (non-hydrogen) atoms. The van der Waals surface area contributed by atoms with Gasteiger partial charge in [0.2, 0.25) is 6.54 Å². The summed E-state index contributed by atoms with van der Waals surface area (Å²) >= 11 is 0. The van der Waals surface area contributed by atoms with Crippen LogP contribution in [0.2, 0.25) is 0 Å². The summed E-state index contributed by atoms with van der Waals surface area (Å²) < 4.78 is 53.3. The summed E-state index contributed by atoms with van der Waals surface area (Å²) in [7, 11) is 0. The van der Waals surface area contributed by atoms with Crippen molar-refractivity contribution in [2.45, 2.75) is 66.1 Å². The number of nitrogens with zero attached hydrogens (tertiary/aromatic N) is 2. The molecule has 3 rings (SSSR count). The zero-order valence-corrected chi connectivity index (χ0v) is 23.9. The van der Waals surface area contributed by atoms with E-state index in [1.165, 1.54) is 6.92 Å². The molecular formula is C33H40F3N2O2+. The molecule has 2 aromatic carbocycles. The molecule has 0 saturated carbocycles. The number of benzene rings is 2. The minimum absolute atomic E-state index is 0.0122. The van der Waals surface area contributed by atoms with Gasteiger partial charge >= 0.3 is 6.18 Å². The summed E-state index contributed by atoms with van der Waals surface area (Å²) in [6.07, 6.45) is 2.46. The van der Waals surface area contributed by atoms with E-state index in [0.717, 1.165) is 44.5 Å². The van der Waals surface area contributed by atoms with Gasteiger partial charge in [0.1, 0.15) is 5.75 Å². The number of rotatable bonds is 14. The number of ether oxygens (including phenoxy) is 1. The van der Waals surface area contributed by atoms with Crippen LogP contribution in [0.3, 0.4) is 0 Å². The van der Waals surface area contributed by atoms with Gasteiger partial charge in [-0.3, -0.25) is 4.79 Å². The van der Waals surface area contributed by atoms with Gasteiger partial charge in [-0.1, -0.05) is 56.5 Å². The molecular weight excluding hydrogens is 513 g/mol. The summed E-state index contributed by atoms with van der Waals surface area (Å²) in [5.74, 6) is 0.186. The van der Waals surface area contributed by atoms with Crippen LogP contribution in [0.4, 0.5) is 18.9 Å². The predicted octanol–water partition coefficient (Wildman–Crippen LogP) is 7.89. The molecule has 1 heterocycles. The van der Waals surface area contributed by atoms with Gasteiger partial charge < -0.3 is 9.64 Å². The molecule has 0 radical (unpaired) electrons. The summed E-state index contributed by atoms with van der Waals surface area (Å²) in [5.41, 5.74) is 0.997. The molecule has 0 atom stereocenters. The molecule has 0 fully saturated rings. The van der Waals surface area contributed by atoms with Crippen LogP contribution in [0.5, 0.6) is 5.75 Å². The van der Waals surface area contributed by atoms with Gasteiger partial charge in [-0.2, -0.15) is 17.7 Å². The number of ketones is 1. The Kier molecular flexibility index (Phi) is 11.4. The topological polar surface area (TPSA) is 33.4 Å². The minimum Gasteiger partial charge on any atom is -0.493 e. The first kappa shape index (κ1) is 30.9. The Hall–Kier alpha value is -3.61. The van der Waals surface area contributed by atoms with Crippen molar-refractivity contribution in [1.82, 2.24) is 0 Å². The summed E-state index contributed by atoms with van der Waals surface area (Å²) in [6, 6.07) is 16.9. The largest absolute Gasteiger partial charge is 0.493 e. The van der Waals surface area contributed by atoms with E-state index in [2.05, 4.69) is 11.8 Å². The van der Waals surface area contributed by atoms with Gasteiger partial charge in [0, 0.05) is 55.0 Å². The molecule has 0 amide bonds. The Labute approximate surface area is 236 Å². The molecule has 0 spiro atoms. The zero-order chi connectivity index (χ0) is 29.1. The fourth-order valence-electron chi connectivity index (χ4n) is 4.81. The third-order valence-corrected chi connectivity index (χ3v) is 6.80. The van der Waals surface area contributed by atoms with Crippen molar-refractivity contribution in [3.05, 3.63) is 89.7 Å². The monoisotopic (exact) mass is 553 g/mol. The minimum atomic E-state index is -4.67. The number of hydrogen-bond donors (Lipinski definition) is 0. The second kappa shape index (κ2) is 14.7. The van der Waals surface area contributed by atoms with Crippen LogP contribution in [-0.2, 0) is 11.3 Å². The number of aromatic nitrogens is 1. The van der Waals surface area contributed by atoms with Crippen molar-refractivity contribution in [3.63, 3.8) is 0 Å². The van der Waals surface area contributed by atoms with Gasteiger partial charge in [-0.25, -0.2) is 0 Å². The molecule has 0 saturated heterocycles. The number of alkyl halides is 3. The molecule has 0 unspecified atom stereocenters. The molecule has 4 nitrogen and oxygen atoms in total. The second-order valence-electron chi connectivity index (χ2n) is 9.84. The van der Waals surface area contributed by atoms with Gasteiger partial charge in [-0.05, 0) is 43.5 Å². The molecule has 214 valence electrons. The van der Waals surface area contributed by atoms with Crippen molar-refractivity contribution in [3.8, 4) is 5.75 Å². The van der Waals surface area contributed by atoms with E-state index in [9.17, 15) is 4.79 Å². The molecule has 0 aliphatic carbocycles. The van der Waals surface area contributed by atoms with Crippen LogP contribution in [0.25, 0.3) is 11.1 Å². The highest BCUT2D eigenvalue weighted by Gasteiger charge is 2.40. The summed E-state index contributed by atoms with van der Waals surface area (Å²) in [5, 5.41) is 0. The van der Waals surface area contributed by atoms with Crippen molar-refractivity contribution in [2.75, 3.05) is 24.6 Å². The van der Waals surface area contributed by atoms with Crippen LogP contribution in [0.15, 0.2) is 73.1 Å². The number of anilines is 1. The van der Waals surface area contributed by atoms with E-state index in [0.29, 0.717) is 17.7 Å². The SMILES string of the molecule is CCCCCCOc1cc(N(CC)CC)ccc1/C(=C(\c1ccccc1)c1cc[n+](CC(C)=O)cc1)C(F)(F)F. The number of carbonyl (C=O) groups is 1. The molecule has 7 heteroatoms. The smallest absolute Gasteiger partial charge is 0.417 e. The van der Waals surface area contributed by atoms with E-state index in [1.54, 1.807) is 77.6 Å². The Morgan fingerprint density at radius 2 is 1.52 bits per heavy atom. The number of halogens is 3. The van der Waals surface area contributed by atoms with Crippen molar-refractivity contribution >= 4 is 22.6 Å². The van der Waals surface area contributed by atoms with Crippen molar-refractivity contribution in [2.24, 2.45) is 0 Å². The molecule has 0 bridgehead atoms. The fourth-order valence-corrected chi connectivity index (χ4v) is 4.81. The average Bonchev–Trinajstić information content (AvgIpc) is 2.93. The second-order valence-corrected chi connectivity index (χ2v) is 9.84. The highest BCUT2D eigenvalue weighted by molar-refractivity contribution is 6.01. The number of allylic oxidation sites excluding steroid dienone is 1. The molecule has 0 N–H and O–H groups in total. The zero-order valence-electron chi connectivity index (χ0n) is 23.9. The number of unbranched alkanes of at least 4 members (excludes halogenated alkanes) is 3. The maximum Gasteiger partial charge on any atom is 0.417 e. The molecule has 1 aromatic heterocycles. The first-order valence-electron chi connectivity index (χ1n) is 14.1. The first-order chi connectivity index (χ1) is 19.2. The predicted molar refractivity (Wildman–Crippen MR) is 155 cm³/mol. The number of hydrogen-bond acceptors (Lipinski definition) is 3. The Bertz CT molecular complexity index is 1270. The molecule has 0 aliphatic rings. The number of Topliss-reactive ketones (excluding diaryl/α,β-unsaturated/α-hetero) is 1. The maximum absolute atomic E-state index is 15.2. The van der Waals surface area contributed by atoms with Crippen LogP contribution in [0.1, 0.15) is 70.1 Å². The van der Waals surface area contributed by atoms with Crippen LogP contribution < -0.4 is 14.2 Å². The van der Waals surface area contributed by atoms with Gasteiger partial charge in [0.15, 0.2) is 18.2 Å². The highest BCUT2D eigenvalue weighted by Crippen LogP contribution is 2.46. The van der Waals surface area contributed by atoms with Gasteiger partial charge in [0.05, 0.1) is 12.2 Å². The lowest BCUT2D eigenvalue weighted by molar-refractivity contribution is -0.684. The van der Waals surface area contributed by atoms with Gasteiger partial charge in [0.25, 0.3) is 0 Å². The third kappa shape index (κ3) is 8.20. The van der Waals surface area contributed by atoms with E-state index >= 15 is 13.2 Å². The number of carbonyl (C=O) groups excluding carboxylic acids is 1. The van der Waals surface area contributed by atoms with E-state index in [1.807, 2.05) is 13.8 Å². The van der Waals surface area contributed by atoms with Crippen LogP contribution in [0, 0.1) is 0 Å². The van der Waals surface area contributed by atoms with Crippen molar-refractivity contribution in [1.29, 1.82) is 0 Å². The van der Waals surface area contributed by atoms with Crippen LogP contribution >= 0.6 is 0 Å². The first-order valence-corrected chi connectivity index (χ1v) is 14.1. The van der Waals surface area contributed by atoms with E-state index < -0.39 is 11.7 Å². The maximum atomic E-state index is 15.2. The number of pyridine rings is 1. The lowest BCUT2D eigenvalue weighted by Gasteiger charge is -2.25. The van der Waals surface area contributed by atoms with Gasteiger partial charge in [-0.15, -0.1) is 0 Å². The average molecular weight is 554 g/mol. The standard InChI is InChI=1S/C33H40F3N2O2/c1-5-8-9-13-22-40-30-23-28(38(6-2)7-3)16-17-29(30)32(33(34,35)36)31(26-14-11-10-12-15-26)27-18-20-37(21-19-27)24-25(4)39/h10-12,14-21,23H,5-9,13,22,24H2,1-4H3/q+1. The normalized spacial score (nSPS) is 12.2. The summed E-state index contributed by atoms with van der Waals surface area (Å²) in [6.45, 7) is 9.58. The summed E-state index contributed by atoms with van der Waals surface area (Å²) in [4.78, 5) is 13.7. The van der Waals surface area contributed by atoms with Crippen molar-refractivity contribution < 1.29 is 27.3 Å². The highest BCUT2D eigenvalue weighted by atomic mass is 19.4. The van der Waals surface area contributed by atoms with E-state index in [-0.39, 0.29) is 29.2 Å². The molecule has 3 aromatic rings. The Morgan fingerprint density at radius 1 is 0.875 bits per heavy atom. The fraction of sp³-hybridized carbons (Fsp3) is 0.394. The Balaban J connectivity index is 2.27.